The van der Waals surface area contributed by atoms with Crippen molar-refractivity contribution in [1.29, 1.82) is 0 Å². The zero-order valence-electron chi connectivity index (χ0n) is 15.5. The molecule has 0 aliphatic heterocycles. The number of hydrogen-bond donors (Lipinski definition) is 2. The fourth-order valence-corrected chi connectivity index (χ4v) is 2.54. The summed E-state index contributed by atoms with van der Waals surface area (Å²) < 4.78 is 13.8. The molecule has 4 nitrogen and oxygen atoms in total. The molecule has 2 N–H and O–H groups in total. The van der Waals surface area contributed by atoms with E-state index in [1.54, 1.807) is 13.0 Å². The van der Waals surface area contributed by atoms with E-state index in [9.17, 15) is 4.39 Å². The molecule has 0 atom stereocenters. The molecule has 0 unspecified atom stereocenters. The molecule has 0 radical (unpaired) electrons. The van der Waals surface area contributed by atoms with Crippen molar-refractivity contribution in [3.05, 3.63) is 66.0 Å². The van der Waals surface area contributed by atoms with Crippen molar-refractivity contribution in [2.24, 2.45) is 0 Å². The second-order valence-electron chi connectivity index (χ2n) is 7.24. The van der Waals surface area contributed by atoms with Crippen molar-refractivity contribution < 1.29 is 4.39 Å². The zero-order chi connectivity index (χ0) is 18.7. The zero-order valence-corrected chi connectivity index (χ0v) is 15.5. The van der Waals surface area contributed by atoms with Gasteiger partial charge in [-0.05, 0) is 39.8 Å². The quantitative estimate of drug-likeness (QED) is 0.648. The molecular formula is C21H23FN4. The van der Waals surface area contributed by atoms with Gasteiger partial charge in [0.2, 0.25) is 5.95 Å². The fraction of sp³-hybridized carbons (Fsp3) is 0.238. The van der Waals surface area contributed by atoms with E-state index in [1.807, 2.05) is 42.5 Å². The predicted octanol–water partition coefficient (Wildman–Crippen LogP) is 5.55. The van der Waals surface area contributed by atoms with Crippen LogP contribution in [0.4, 0.5) is 21.8 Å². The van der Waals surface area contributed by atoms with E-state index >= 15 is 0 Å². The lowest BCUT2D eigenvalue weighted by Crippen LogP contribution is -2.27. The molecule has 2 aromatic carbocycles. The molecule has 1 heterocycles. The van der Waals surface area contributed by atoms with Gasteiger partial charge < -0.3 is 10.6 Å². The number of hydrogen-bond acceptors (Lipinski definition) is 4. The summed E-state index contributed by atoms with van der Waals surface area (Å²) >= 11 is 0. The van der Waals surface area contributed by atoms with Crippen LogP contribution in [-0.4, -0.2) is 15.5 Å². The lowest BCUT2D eigenvalue weighted by atomic mass is 10.1. The van der Waals surface area contributed by atoms with Crippen LogP contribution < -0.4 is 10.6 Å². The largest absolute Gasteiger partial charge is 0.350 e. The first-order valence-corrected chi connectivity index (χ1v) is 8.57. The van der Waals surface area contributed by atoms with Crippen LogP contribution in [0.5, 0.6) is 0 Å². The van der Waals surface area contributed by atoms with Gasteiger partial charge in [0.1, 0.15) is 11.6 Å². The average molecular weight is 350 g/mol. The maximum atomic E-state index is 13.8. The number of benzene rings is 2. The van der Waals surface area contributed by atoms with Gasteiger partial charge in [0.05, 0.1) is 5.69 Å². The first-order chi connectivity index (χ1) is 12.3. The van der Waals surface area contributed by atoms with Gasteiger partial charge >= 0.3 is 0 Å². The van der Waals surface area contributed by atoms with Gasteiger partial charge in [0.25, 0.3) is 0 Å². The molecule has 5 heteroatoms. The van der Waals surface area contributed by atoms with Crippen molar-refractivity contribution in [2.75, 3.05) is 10.6 Å². The Labute approximate surface area is 153 Å². The normalized spacial score (nSPS) is 11.3. The smallest absolute Gasteiger partial charge is 0.225 e. The highest BCUT2D eigenvalue weighted by Gasteiger charge is 2.14. The number of anilines is 3. The van der Waals surface area contributed by atoms with Crippen molar-refractivity contribution in [3.63, 3.8) is 0 Å². The van der Waals surface area contributed by atoms with E-state index in [0.717, 1.165) is 11.3 Å². The Hall–Kier alpha value is -2.95. The Morgan fingerprint density at radius 3 is 2.35 bits per heavy atom. The lowest BCUT2D eigenvalue weighted by Gasteiger charge is -2.21. The van der Waals surface area contributed by atoms with E-state index in [0.29, 0.717) is 23.0 Å². The summed E-state index contributed by atoms with van der Waals surface area (Å²) in [6.07, 6.45) is 0. The molecule has 0 saturated carbocycles. The van der Waals surface area contributed by atoms with Crippen LogP contribution in [0.15, 0.2) is 54.6 Å². The molecule has 0 amide bonds. The summed E-state index contributed by atoms with van der Waals surface area (Å²) in [6, 6.07) is 16.7. The van der Waals surface area contributed by atoms with Gasteiger partial charge in [-0.25, -0.2) is 9.37 Å². The summed E-state index contributed by atoms with van der Waals surface area (Å²) in [6.45, 7) is 7.89. The molecule has 3 rings (SSSR count). The summed E-state index contributed by atoms with van der Waals surface area (Å²) in [7, 11) is 0. The number of nitrogens with zero attached hydrogens (tertiary/aromatic N) is 2. The van der Waals surface area contributed by atoms with Gasteiger partial charge in [-0.3, -0.25) is 0 Å². The predicted molar refractivity (Wildman–Crippen MR) is 105 cm³/mol. The van der Waals surface area contributed by atoms with E-state index in [4.69, 9.17) is 0 Å². The molecule has 0 aliphatic rings. The van der Waals surface area contributed by atoms with E-state index in [2.05, 4.69) is 41.4 Å². The second-order valence-corrected chi connectivity index (χ2v) is 7.24. The minimum atomic E-state index is -0.250. The van der Waals surface area contributed by atoms with Crippen molar-refractivity contribution in [2.45, 2.75) is 33.2 Å². The Balaban J connectivity index is 2.03. The minimum Gasteiger partial charge on any atom is -0.350 e. The van der Waals surface area contributed by atoms with Gasteiger partial charge in [-0.2, -0.15) is 4.98 Å². The molecule has 3 aromatic rings. The molecule has 0 saturated heterocycles. The van der Waals surface area contributed by atoms with Crippen molar-refractivity contribution >= 4 is 17.5 Å². The molecule has 1 aromatic heterocycles. The minimum absolute atomic E-state index is 0.179. The SMILES string of the molecule is Cc1c(F)cccc1Nc1cc(-c2ccccc2)nc(NC(C)(C)C)n1. The maximum Gasteiger partial charge on any atom is 0.225 e. The van der Waals surface area contributed by atoms with Crippen LogP contribution in [-0.2, 0) is 0 Å². The van der Waals surface area contributed by atoms with Gasteiger partial charge in [0, 0.05) is 28.4 Å². The average Bonchev–Trinajstić information content (AvgIpc) is 2.58. The van der Waals surface area contributed by atoms with Crippen molar-refractivity contribution in [3.8, 4) is 11.3 Å². The number of rotatable bonds is 4. The van der Waals surface area contributed by atoms with Crippen LogP contribution in [0.1, 0.15) is 26.3 Å². The van der Waals surface area contributed by atoms with Crippen LogP contribution >= 0.6 is 0 Å². The fourth-order valence-electron chi connectivity index (χ4n) is 2.54. The Morgan fingerprint density at radius 2 is 1.65 bits per heavy atom. The van der Waals surface area contributed by atoms with E-state index < -0.39 is 0 Å². The van der Waals surface area contributed by atoms with Gasteiger partial charge in [-0.15, -0.1) is 0 Å². The monoisotopic (exact) mass is 350 g/mol. The summed E-state index contributed by atoms with van der Waals surface area (Å²) in [5.74, 6) is 0.884. The number of aromatic nitrogens is 2. The molecule has 0 fully saturated rings. The first-order valence-electron chi connectivity index (χ1n) is 8.57. The third-order valence-electron chi connectivity index (χ3n) is 3.81. The topological polar surface area (TPSA) is 49.8 Å². The first kappa shape index (κ1) is 17.9. The highest BCUT2D eigenvalue weighted by Crippen LogP contribution is 2.26. The van der Waals surface area contributed by atoms with Crippen LogP contribution in [0.25, 0.3) is 11.3 Å². The molecular weight excluding hydrogens is 327 g/mol. The third-order valence-corrected chi connectivity index (χ3v) is 3.81. The summed E-state index contributed by atoms with van der Waals surface area (Å²) in [5, 5.41) is 6.53. The molecule has 26 heavy (non-hydrogen) atoms. The molecule has 0 spiro atoms. The Bertz CT molecular complexity index is 902. The van der Waals surface area contributed by atoms with E-state index in [1.165, 1.54) is 6.07 Å². The molecule has 134 valence electrons. The third kappa shape index (κ3) is 4.36. The number of halogens is 1. The molecule has 0 bridgehead atoms. The van der Waals surface area contributed by atoms with Crippen LogP contribution in [0, 0.1) is 12.7 Å². The highest BCUT2D eigenvalue weighted by molar-refractivity contribution is 5.68. The Kier molecular flexibility index (Phi) is 4.89. The summed E-state index contributed by atoms with van der Waals surface area (Å²) in [4.78, 5) is 9.19. The standard InChI is InChI=1S/C21H23FN4/c1-14-16(22)11-8-12-17(14)23-19-13-18(15-9-6-5-7-10-15)24-20(25-19)26-21(2,3)4/h5-13H,1-4H3,(H2,23,24,25,26). The highest BCUT2D eigenvalue weighted by atomic mass is 19.1. The second kappa shape index (κ2) is 7.12. The summed E-state index contributed by atoms with van der Waals surface area (Å²) in [5.41, 5.74) is 2.85. The van der Waals surface area contributed by atoms with Gasteiger partial charge in [-0.1, -0.05) is 36.4 Å². The van der Waals surface area contributed by atoms with Crippen molar-refractivity contribution in [1.82, 2.24) is 9.97 Å². The number of nitrogens with one attached hydrogen (secondary N) is 2. The lowest BCUT2D eigenvalue weighted by molar-refractivity contribution is 0.619. The molecule has 0 aliphatic carbocycles. The van der Waals surface area contributed by atoms with Gasteiger partial charge in [0.15, 0.2) is 0 Å². The maximum absolute atomic E-state index is 13.8. The Morgan fingerprint density at radius 1 is 0.923 bits per heavy atom. The van der Waals surface area contributed by atoms with Crippen LogP contribution in [0.3, 0.4) is 0 Å². The van der Waals surface area contributed by atoms with Crippen LogP contribution in [0.2, 0.25) is 0 Å². The van der Waals surface area contributed by atoms with E-state index in [-0.39, 0.29) is 11.4 Å².